The van der Waals surface area contributed by atoms with Gasteiger partial charge in [-0.3, -0.25) is 14.9 Å². The molecular formula is C10H11F2N3O5S. The number of halogens is 2. The fourth-order valence-electron chi connectivity index (χ4n) is 1.37. The number of hydrogen-bond donors (Lipinski definition) is 2. The first-order valence-electron chi connectivity index (χ1n) is 5.43. The van der Waals surface area contributed by atoms with Crippen molar-refractivity contribution in [2.75, 3.05) is 5.32 Å². The van der Waals surface area contributed by atoms with E-state index in [-0.39, 0.29) is 5.69 Å². The molecule has 0 saturated heterocycles. The normalized spacial score (nSPS) is 13.0. The number of primary amides is 1. The van der Waals surface area contributed by atoms with Crippen molar-refractivity contribution in [3.8, 4) is 0 Å². The minimum atomic E-state index is -4.95. The molecule has 116 valence electrons. The molecule has 1 unspecified atom stereocenters. The summed E-state index contributed by atoms with van der Waals surface area (Å²) in [6.07, 6.45) is 0. The SMILES string of the molecule is CC(Nc1ccc(S(=O)(=O)C(F)F)cc1[N+](=O)[O-])C(N)=O. The Kier molecular flexibility index (Phi) is 4.78. The molecule has 21 heavy (non-hydrogen) atoms. The second-order valence-electron chi connectivity index (χ2n) is 4.01. The van der Waals surface area contributed by atoms with Gasteiger partial charge < -0.3 is 11.1 Å². The molecule has 1 aromatic rings. The zero-order valence-corrected chi connectivity index (χ0v) is 11.4. The Morgan fingerprint density at radius 3 is 2.43 bits per heavy atom. The van der Waals surface area contributed by atoms with Gasteiger partial charge in [-0.2, -0.15) is 8.78 Å². The second-order valence-corrected chi connectivity index (χ2v) is 5.93. The van der Waals surface area contributed by atoms with Crippen LogP contribution in [0.15, 0.2) is 23.1 Å². The highest BCUT2D eigenvalue weighted by atomic mass is 32.2. The standard InChI is InChI=1S/C10H11F2N3O5S/c1-5(9(13)16)14-7-3-2-6(4-8(7)15(17)18)21(19,20)10(11)12/h2-5,10,14H,1H3,(H2,13,16). The lowest BCUT2D eigenvalue weighted by Gasteiger charge is -2.12. The predicted molar refractivity (Wildman–Crippen MR) is 68.6 cm³/mol. The Bertz CT molecular complexity index is 677. The summed E-state index contributed by atoms with van der Waals surface area (Å²) >= 11 is 0. The van der Waals surface area contributed by atoms with Crippen molar-refractivity contribution in [1.29, 1.82) is 0 Å². The number of alkyl halides is 2. The number of carbonyl (C=O) groups excluding carboxylic acids is 1. The molecule has 0 saturated carbocycles. The van der Waals surface area contributed by atoms with E-state index in [1.807, 2.05) is 0 Å². The first-order valence-corrected chi connectivity index (χ1v) is 6.98. The lowest BCUT2D eigenvalue weighted by Crippen LogP contribution is -2.32. The van der Waals surface area contributed by atoms with Crippen LogP contribution in [0.25, 0.3) is 0 Å². The van der Waals surface area contributed by atoms with Crippen molar-refractivity contribution in [2.45, 2.75) is 23.6 Å². The molecule has 1 aromatic carbocycles. The highest BCUT2D eigenvalue weighted by Crippen LogP contribution is 2.30. The van der Waals surface area contributed by atoms with Crippen LogP contribution in [0.4, 0.5) is 20.2 Å². The number of benzene rings is 1. The van der Waals surface area contributed by atoms with E-state index in [1.165, 1.54) is 6.92 Å². The summed E-state index contributed by atoms with van der Waals surface area (Å²) in [5.74, 6) is -4.49. The molecule has 1 amide bonds. The maximum absolute atomic E-state index is 12.4. The minimum absolute atomic E-state index is 0.209. The van der Waals surface area contributed by atoms with Crippen LogP contribution in [-0.2, 0) is 14.6 Å². The first-order chi connectivity index (χ1) is 9.57. The van der Waals surface area contributed by atoms with Gasteiger partial charge in [-0.15, -0.1) is 0 Å². The van der Waals surface area contributed by atoms with Crippen LogP contribution in [-0.4, -0.2) is 31.0 Å². The van der Waals surface area contributed by atoms with Crippen LogP contribution in [0.1, 0.15) is 6.92 Å². The zero-order chi connectivity index (χ0) is 16.4. The van der Waals surface area contributed by atoms with Crippen LogP contribution < -0.4 is 11.1 Å². The Morgan fingerprint density at radius 2 is 2.00 bits per heavy atom. The van der Waals surface area contributed by atoms with Gasteiger partial charge in [-0.25, -0.2) is 8.42 Å². The molecule has 0 spiro atoms. The molecule has 11 heteroatoms. The molecule has 3 N–H and O–H groups in total. The maximum atomic E-state index is 12.4. The van der Waals surface area contributed by atoms with Gasteiger partial charge in [0.25, 0.3) is 5.69 Å². The van der Waals surface area contributed by atoms with Crippen molar-refractivity contribution in [2.24, 2.45) is 5.73 Å². The number of amides is 1. The molecule has 0 heterocycles. The molecule has 0 aliphatic heterocycles. The van der Waals surface area contributed by atoms with Crippen molar-refractivity contribution >= 4 is 27.1 Å². The fourth-order valence-corrected chi connectivity index (χ4v) is 2.11. The molecule has 0 bridgehead atoms. The van der Waals surface area contributed by atoms with E-state index in [4.69, 9.17) is 5.73 Å². The van der Waals surface area contributed by atoms with E-state index in [0.29, 0.717) is 6.07 Å². The third-order valence-electron chi connectivity index (χ3n) is 2.53. The lowest BCUT2D eigenvalue weighted by atomic mass is 10.2. The first kappa shape index (κ1) is 16.8. The predicted octanol–water partition coefficient (Wildman–Crippen LogP) is 0.877. The summed E-state index contributed by atoms with van der Waals surface area (Å²) in [6.45, 7) is 1.33. The fraction of sp³-hybridized carbons (Fsp3) is 0.300. The third kappa shape index (κ3) is 3.62. The van der Waals surface area contributed by atoms with E-state index >= 15 is 0 Å². The van der Waals surface area contributed by atoms with Crippen LogP contribution in [0.5, 0.6) is 0 Å². The molecule has 0 radical (unpaired) electrons. The number of nitro benzene ring substituents is 1. The van der Waals surface area contributed by atoms with E-state index in [9.17, 15) is 32.1 Å². The number of anilines is 1. The number of nitrogens with zero attached hydrogens (tertiary/aromatic N) is 1. The second kappa shape index (κ2) is 5.99. The van der Waals surface area contributed by atoms with Gasteiger partial charge in [0.15, 0.2) is 0 Å². The molecule has 8 nitrogen and oxygen atoms in total. The van der Waals surface area contributed by atoms with Gasteiger partial charge in [-0.1, -0.05) is 0 Å². The van der Waals surface area contributed by atoms with E-state index in [0.717, 1.165) is 12.1 Å². The maximum Gasteiger partial charge on any atom is 0.341 e. The number of nitro groups is 1. The Morgan fingerprint density at radius 1 is 1.43 bits per heavy atom. The topological polar surface area (TPSA) is 132 Å². The molecule has 0 aromatic heterocycles. The number of nitrogens with one attached hydrogen (secondary N) is 1. The van der Waals surface area contributed by atoms with Gasteiger partial charge in [0.2, 0.25) is 15.7 Å². The smallest absolute Gasteiger partial charge is 0.341 e. The van der Waals surface area contributed by atoms with Gasteiger partial charge in [0, 0.05) is 6.07 Å². The number of nitrogens with two attached hydrogens (primary N) is 1. The average Bonchev–Trinajstić information content (AvgIpc) is 2.38. The number of rotatable bonds is 6. The van der Waals surface area contributed by atoms with Gasteiger partial charge in [0.05, 0.1) is 9.82 Å². The molecule has 0 fully saturated rings. The molecule has 1 atom stereocenters. The van der Waals surface area contributed by atoms with Crippen molar-refractivity contribution in [1.82, 2.24) is 0 Å². The summed E-state index contributed by atoms with van der Waals surface area (Å²) in [4.78, 5) is 19.9. The third-order valence-corrected chi connectivity index (χ3v) is 3.91. The minimum Gasteiger partial charge on any atom is -0.368 e. The number of carbonyl (C=O) groups is 1. The van der Waals surface area contributed by atoms with E-state index < -0.39 is 43.0 Å². The van der Waals surface area contributed by atoms with Crippen molar-refractivity contribution in [3.05, 3.63) is 28.3 Å². The number of sulfone groups is 1. The molecule has 0 aliphatic rings. The summed E-state index contributed by atoms with van der Waals surface area (Å²) in [5, 5.41) is 13.3. The number of hydrogen-bond acceptors (Lipinski definition) is 6. The summed E-state index contributed by atoms with van der Waals surface area (Å²) in [6, 6.07) is 1.23. The Labute approximate surface area is 118 Å². The van der Waals surface area contributed by atoms with E-state index in [1.54, 1.807) is 0 Å². The highest BCUT2D eigenvalue weighted by molar-refractivity contribution is 7.91. The van der Waals surface area contributed by atoms with Crippen LogP contribution in [0.3, 0.4) is 0 Å². The van der Waals surface area contributed by atoms with Gasteiger partial charge in [-0.05, 0) is 19.1 Å². The Balaban J connectivity index is 3.33. The Hall–Kier alpha value is -2.30. The lowest BCUT2D eigenvalue weighted by molar-refractivity contribution is -0.384. The molecule has 1 rings (SSSR count). The van der Waals surface area contributed by atoms with Crippen LogP contribution >= 0.6 is 0 Å². The summed E-state index contributed by atoms with van der Waals surface area (Å²) in [5.41, 5.74) is 4.01. The zero-order valence-electron chi connectivity index (χ0n) is 10.6. The quantitative estimate of drug-likeness (QED) is 0.590. The summed E-state index contributed by atoms with van der Waals surface area (Å²) < 4.78 is 47.4. The van der Waals surface area contributed by atoms with Crippen LogP contribution in [0, 0.1) is 10.1 Å². The largest absolute Gasteiger partial charge is 0.368 e. The molecule has 0 aliphatic carbocycles. The summed E-state index contributed by atoms with van der Waals surface area (Å²) in [7, 11) is -4.95. The highest BCUT2D eigenvalue weighted by Gasteiger charge is 2.29. The van der Waals surface area contributed by atoms with Crippen LogP contribution in [0.2, 0.25) is 0 Å². The van der Waals surface area contributed by atoms with Gasteiger partial charge in [0.1, 0.15) is 11.7 Å². The monoisotopic (exact) mass is 323 g/mol. The average molecular weight is 323 g/mol. The van der Waals surface area contributed by atoms with Crippen molar-refractivity contribution < 1.29 is 26.9 Å². The molecular weight excluding hydrogens is 312 g/mol. The van der Waals surface area contributed by atoms with Crippen molar-refractivity contribution in [3.63, 3.8) is 0 Å². The van der Waals surface area contributed by atoms with Gasteiger partial charge >= 0.3 is 5.76 Å². The van der Waals surface area contributed by atoms with E-state index in [2.05, 4.69) is 5.32 Å².